The van der Waals surface area contributed by atoms with Crippen LogP contribution in [-0.2, 0) is 5.41 Å². The van der Waals surface area contributed by atoms with Crippen LogP contribution in [0.1, 0.15) is 45.6 Å². The largest absolute Gasteiger partial charge is 0.495 e. The second-order valence-corrected chi connectivity index (χ2v) is 7.17. The molecule has 3 unspecified atom stereocenters. The molecule has 0 heterocycles. The van der Waals surface area contributed by atoms with Crippen molar-refractivity contribution in [2.75, 3.05) is 7.11 Å². The molecule has 0 aliphatic heterocycles. The topological polar surface area (TPSA) is 35.2 Å². The van der Waals surface area contributed by atoms with Crippen LogP contribution in [-0.4, -0.2) is 13.2 Å². The van der Waals surface area contributed by atoms with Crippen molar-refractivity contribution in [3.8, 4) is 5.75 Å². The Kier molecular flexibility index (Phi) is 4.66. The summed E-state index contributed by atoms with van der Waals surface area (Å²) in [5.74, 6) is 2.00. The zero-order valence-corrected chi connectivity index (χ0v) is 13.7. The Balaban J connectivity index is 2.29. The third-order valence-electron chi connectivity index (χ3n) is 4.98. The maximum absolute atomic E-state index is 6.44. The summed E-state index contributed by atoms with van der Waals surface area (Å²) in [4.78, 5) is 0. The van der Waals surface area contributed by atoms with Crippen LogP contribution >= 0.6 is 11.6 Å². The van der Waals surface area contributed by atoms with Gasteiger partial charge in [0, 0.05) is 6.04 Å². The number of halogens is 1. The molecule has 2 nitrogen and oxygen atoms in total. The van der Waals surface area contributed by atoms with E-state index in [1.54, 1.807) is 7.11 Å². The van der Waals surface area contributed by atoms with E-state index < -0.39 is 0 Å². The van der Waals surface area contributed by atoms with Gasteiger partial charge in [-0.1, -0.05) is 44.9 Å². The first kappa shape index (κ1) is 15.7. The molecule has 1 saturated carbocycles. The molecule has 0 saturated heterocycles. The highest BCUT2D eigenvalue weighted by Crippen LogP contribution is 2.43. The van der Waals surface area contributed by atoms with Crippen molar-refractivity contribution in [2.24, 2.45) is 17.6 Å². The van der Waals surface area contributed by atoms with Crippen molar-refractivity contribution >= 4 is 11.6 Å². The lowest BCUT2D eigenvalue weighted by atomic mass is 9.64. The van der Waals surface area contributed by atoms with E-state index in [-0.39, 0.29) is 11.5 Å². The van der Waals surface area contributed by atoms with Crippen LogP contribution in [0.2, 0.25) is 5.02 Å². The monoisotopic (exact) mass is 295 g/mol. The quantitative estimate of drug-likeness (QED) is 0.897. The summed E-state index contributed by atoms with van der Waals surface area (Å²) in [5.41, 5.74) is 7.73. The Bertz CT molecular complexity index is 472. The molecule has 1 aliphatic rings. The van der Waals surface area contributed by atoms with Gasteiger partial charge in [-0.2, -0.15) is 0 Å². The summed E-state index contributed by atoms with van der Waals surface area (Å²) in [6, 6.07) is 6.37. The first-order chi connectivity index (χ1) is 9.36. The van der Waals surface area contributed by atoms with Crippen LogP contribution in [0.4, 0.5) is 0 Å². The molecule has 0 aromatic heterocycles. The number of benzene rings is 1. The maximum Gasteiger partial charge on any atom is 0.137 e. The summed E-state index contributed by atoms with van der Waals surface area (Å²) in [6.07, 6.45) is 3.59. The number of rotatable bonds is 3. The van der Waals surface area contributed by atoms with Gasteiger partial charge in [0.1, 0.15) is 5.75 Å². The van der Waals surface area contributed by atoms with Gasteiger partial charge in [-0.25, -0.2) is 0 Å². The number of methoxy groups -OCH3 is 1. The third-order valence-corrected chi connectivity index (χ3v) is 5.30. The molecular formula is C17H26ClNO. The number of nitrogens with two attached hydrogens (primary N) is 1. The zero-order chi connectivity index (χ0) is 14.9. The fourth-order valence-corrected chi connectivity index (χ4v) is 3.79. The van der Waals surface area contributed by atoms with E-state index in [1.807, 2.05) is 6.07 Å². The zero-order valence-electron chi connectivity index (χ0n) is 12.9. The van der Waals surface area contributed by atoms with E-state index in [0.29, 0.717) is 10.9 Å². The van der Waals surface area contributed by atoms with E-state index in [1.165, 1.54) is 18.4 Å². The number of hydrogen-bond donors (Lipinski definition) is 1. The van der Waals surface area contributed by atoms with E-state index in [4.69, 9.17) is 22.1 Å². The lowest BCUT2D eigenvalue weighted by Crippen LogP contribution is -2.45. The SMILES string of the molecule is COc1cc(C(C)(C)C2CCC(C)CC2N)ccc1Cl. The van der Waals surface area contributed by atoms with Crippen molar-refractivity contribution in [3.63, 3.8) is 0 Å². The van der Waals surface area contributed by atoms with Crippen molar-refractivity contribution in [3.05, 3.63) is 28.8 Å². The van der Waals surface area contributed by atoms with Gasteiger partial charge in [0.25, 0.3) is 0 Å². The minimum absolute atomic E-state index is 0.0391. The third kappa shape index (κ3) is 2.96. The minimum Gasteiger partial charge on any atom is -0.495 e. The van der Waals surface area contributed by atoms with E-state index in [2.05, 4.69) is 32.9 Å². The molecule has 0 amide bonds. The van der Waals surface area contributed by atoms with Crippen LogP contribution in [0, 0.1) is 11.8 Å². The average molecular weight is 296 g/mol. The van der Waals surface area contributed by atoms with E-state index in [0.717, 1.165) is 18.1 Å². The smallest absolute Gasteiger partial charge is 0.137 e. The molecule has 1 aliphatic carbocycles. The molecule has 3 atom stereocenters. The lowest BCUT2D eigenvalue weighted by Gasteiger charge is -2.43. The van der Waals surface area contributed by atoms with Crippen molar-refractivity contribution in [1.29, 1.82) is 0 Å². The van der Waals surface area contributed by atoms with Gasteiger partial charge in [0.2, 0.25) is 0 Å². The van der Waals surface area contributed by atoms with Gasteiger partial charge in [-0.3, -0.25) is 0 Å². The van der Waals surface area contributed by atoms with Gasteiger partial charge in [-0.05, 0) is 47.8 Å². The van der Waals surface area contributed by atoms with Crippen molar-refractivity contribution in [2.45, 2.75) is 51.5 Å². The highest BCUT2D eigenvalue weighted by molar-refractivity contribution is 6.32. The first-order valence-electron chi connectivity index (χ1n) is 7.46. The van der Waals surface area contributed by atoms with Crippen LogP contribution in [0.5, 0.6) is 5.75 Å². The van der Waals surface area contributed by atoms with Crippen LogP contribution in [0.25, 0.3) is 0 Å². The summed E-state index contributed by atoms with van der Waals surface area (Å²) >= 11 is 6.13. The summed E-state index contributed by atoms with van der Waals surface area (Å²) in [7, 11) is 1.66. The minimum atomic E-state index is 0.0391. The van der Waals surface area contributed by atoms with Gasteiger partial charge in [0.15, 0.2) is 0 Å². The van der Waals surface area contributed by atoms with Gasteiger partial charge in [0.05, 0.1) is 12.1 Å². The predicted molar refractivity (Wildman–Crippen MR) is 85.5 cm³/mol. The first-order valence-corrected chi connectivity index (χ1v) is 7.83. The summed E-state index contributed by atoms with van der Waals surface area (Å²) < 4.78 is 5.35. The van der Waals surface area contributed by atoms with E-state index in [9.17, 15) is 0 Å². The Hall–Kier alpha value is -0.730. The Morgan fingerprint density at radius 3 is 2.60 bits per heavy atom. The molecule has 0 spiro atoms. The molecule has 1 aromatic rings. The van der Waals surface area contributed by atoms with Crippen LogP contribution in [0.3, 0.4) is 0 Å². The number of hydrogen-bond acceptors (Lipinski definition) is 2. The lowest BCUT2D eigenvalue weighted by molar-refractivity contribution is 0.171. The standard InChI is InChI=1S/C17H26ClNO/c1-11-5-7-13(15(19)9-11)17(2,3)12-6-8-14(18)16(10-12)20-4/h6,8,10-11,13,15H,5,7,9,19H2,1-4H3. The van der Waals surface area contributed by atoms with Gasteiger partial charge >= 0.3 is 0 Å². The fourth-order valence-electron chi connectivity index (χ4n) is 3.60. The molecular weight excluding hydrogens is 270 g/mol. The van der Waals surface area contributed by atoms with Gasteiger partial charge in [-0.15, -0.1) is 0 Å². The fraction of sp³-hybridized carbons (Fsp3) is 0.647. The highest BCUT2D eigenvalue weighted by atomic mass is 35.5. The molecule has 20 heavy (non-hydrogen) atoms. The molecule has 2 N–H and O–H groups in total. The molecule has 3 heteroatoms. The van der Waals surface area contributed by atoms with Crippen LogP contribution < -0.4 is 10.5 Å². The highest BCUT2D eigenvalue weighted by Gasteiger charge is 2.38. The Morgan fingerprint density at radius 2 is 2.00 bits per heavy atom. The Labute approximate surface area is 127 Å². The molecule has 1 aromatic carbocycles. The predicted octanol–water partition coefficient (Wildman–Crippen LogP) is 4.39. The van der Waals surface area contributed by atoms with Crippen molar-refractivity contribution in [1.82, 2.24) is 0 Å². The molecule has 2 rings (SSSR count). The molecule has 112 valence electrons. The molecule has 0 radical (unpaired) electrons. The summed E-state index contributed by atoms with van der Waals surface area (Å²) in [5, 5.41) is 0.661. The van der Waals surface area contributed by atoms with E-state index >= 15 is 0 Å². The molecule has 1 fully saturated rings. The van der Waals surface area contributed by atoms with Crippen LogP contribution in [0.15, 0.2) is 18.2 Å². The van der Waals surface area contributed by atoms with Crippen molar-refractivity contribution < 1.29 is 4.74 Å². The normalized spacial score (nSPS) is 27.4. The van der Waals surface area contributed by atoms with Gasteiger partial charge < -0.3 is 10.5 Å². The Morgan fingerprint density at radius 1 is 1.30 bits per heavy atom. The second kappa shape index (κ2) is 5.95. The second-order valence-electron chi connectivity index (χ2n) is 6.76. The summed E-state index contributed by atoms with van der Waals surface area (Å²) in [6.45, 7) is 6.88. The molecule has 0 bridgehead atoms. The average Bonchev–Trinajstić information content (AvgIpc) is 2.38. The number of ether oxygens (including phenoxy) is 1. The maximum atomic E-state index is 6.44.